The molecule has 0 amide bonds. The Bertz CT molecular complexity index is 934. The summed E-state index contributed by atoms with van der Waals surface area (Å²) in [6.07, 6.45) is 6.09. The Morgan fingerprint density at radius 1 is 0.938 bits per heavy atom. The van der Waals surface area contributed by atoms with E-state index in [-0.39, 0.29) is 12.0 Å². The average molecular weight is 438 g/mol. The van der Waals surface area contributed by atoms with Crippen molar-refractivity contribution in [2.45, 2.75) is 57.8 Å². The number of aliphatic hydroxyl groups excluding tert-OH is 1. The van der Waals surface area contributed by atoms with Crippen LogP contribution in [0, 0.1) is 12.7 Å². The highest BCUT2D eigenvalue weighted by Crippen LogP contribution is 2.28. The molecule has 1 N–H and O–H groups in total. The molecule has 2 aliphatic heterocycles. The highest BCUT2D eigenvalue weighted by molar-refractivity contribution is 5.66. The van der Waals surface area contributed by atoms with Crippen LogP contribution in [-0.2, 0) is 13.0 Å². The van der Waals surface area contributed by atoms with Crippen molar-refractivity contribution in [3.8, 4) is 11.1 Å². The number of aliphatic hydroxyl groups is 1. The topological polar surface area (TPSA) is 30.0 Å². The molecule has 1 atom stereocenters. The van der Waals surface area contributed by atoms with Gasteiger partial charge in [-0.3, -0.25) is 14.7 Å². The van der Waals surface area contributed by atoms with Crippen molar-refractivity contribution in [3.63, 3.8) is 0 Å². The van der Waals surface area contributed by atoms with Crippen molar-refractivity contribution in [3.05, 3.63) is 58.9 Å². The Morgan fingerprint density at radius 2 is 1.66 bits per heavy atom. The van der Waals surface area contributed by atoms with Gasteiger partial charge in [-0.2, -0.15) is 0 Å². The molecule has 0 bridgehead atoms. The number of piperazine rings is 1. The number of fused-ring (bicyclic) bond motifs is 1. The molecule has 1 aliphatic carbocycles. The number of aryl methyl sites for hydroxylation is 1. The van der Waals surface area contributed by atoms with Crippen molar-refractivity contribution in [1.29, 1.82) is 0 Å². The van der Waals surface area contributed by atoms with Crippen LogP contribution in [0.3, 0.4) is 0 Å². The summed E-state index contributed by atoms with van der Waals surface area (Å²) in [5, 5.41) is 10.9. The predicted octanol–water partition coefficient (Wildman–Crippen LogP) is 4.04. The number of rotatable bonds is 5. The van der Waals surface area contributed by atoms with E-state index in [4.69, 9.17) is 0 Å². The fourth-order valence-corrected chi connectivity index (χ4v) is 5.79. The highest BCUT2D eigenvalue weighted by Gasteiger charge is 2.29. The minimum Gasteiger partial charge on any atom is -0.377 e. The maximum atomic E-state index is 13.6. The van der Waals surface area contributed by atoms with Crippen LogP contribution < -0.4 is 0 Å². The summed E-state index contributed by atoms with van der Waals surface area (Å²) in [6.45, 7) is 8.52. The molecular formula is C27H36FN3O. The molecule has 5 heteroatoms. The number of hydrogen-bond acceptors (Lipinski definition) is 4. The van der Waals surface area contributed by atoms with E-state index < -0.39 is 0 Å². The predicted molar refractivity (Wildman–Crippen MR) is 127 cm³/mol. The van der Waals surface area contributed by atoms with Gasteiger partial charge >= 0.3 is 0 Å². The number of nitrogens with zero attached hydrogens (tertiary/aromatic N) is 3. The summed E-state index contributed by atoms with van der Waals surface area (Å²) in [4.78, 5) is 7.30. The van der Waals surface area contributed by atoms with Crippen LogP contribution in [0.2, 0.25) is 0 Å². The zero-order valence-corrected chi connectivity index (χ0v) is 19.3. The molecule has 172 valence electrons. The molecule has 2 aromatic carbocycles. The first-order valence-electron chi connectivity index (χ1n) is 12.3. The summed E-state index contributed by atoms with van der Waals surface area (Å²) in [7, 11) is 0. The first-order valence-corrected chi connectivity index (χ1v) is 12.3. The summed E-state index contributed by atoms with van der Waals surface area (Å²) in [5.41, 5.74) is 5.63. The van der Waals surface area contributed by atoms with E-state index in [1.54, 1.807) is 6.07 Å². The monoisotopic (exact) mass is 437 g/mol. The van der Waals surface area contributed by atoms with Crippen LogP contribution in [0.1, 0.15) is 42.4 Å². The third-order valence-electron chi connectivity index (χ3n) is 7.82. The maximum absolute atomic E-state index is 13.6. The van der Waals surface area contributed by atoms with Crippen LogP contribution in [0.25, 0.3) is 11.1 Å². The third-order valence-corrected chi connectivity index (χ3v) is 7.82. The molecule has 3 aliphatic rings. The molecule has 2 fully saturated rings. The Labute approximate surface area is 191 Å². The van der Waals surface area contributed by atoms with E-state index >= 15 is 0 Å². The number of β-amino-alcohol motifs (C(OH)–C–C–N with tert-alkyl or cyclic N) is 1. The van der Waals surface area contributed by atoms with Crippen molar-refractivity contribution in [1.82, 2.24) is 14.7 Å². The summed E-state index contributed by atoms with van der Waals surface area (Å²) < 4.78 is 13.6. The Hall–Kier alpha value is -1.79. The van der Waals surface area contributed by atoms with Crippen molar-refractivity contribution >= 4 is 0 Å². The molecule has 1 saturated carbocycles. The Morgan fingerprint density at radius 3 is 2.41 bits per heavy atom. The first-order chi connectivity index (χ1) is 15.6. The van der Waals surface area contributed by atoms with E-state index in [0.717, 1.165) is 62.9 Å². The SMILES string of the molecule is Cc1cc(-c2ccc3c(c2)CCN(CC(O)N2CCN(C4CCCC4)CC2)C3)ccc1F. The Balaban J connectivity index is 1.16. The summed E-state index contributed by atoms with van der Waals surface area (Å²) >= 11 is 0. The minimum atomic E-state index is -0.385. The fourth-order valence-electron chi connectivity index (χ4n) is 5.79. The molecule has 0 spiro atoms. The van der Waals surface area contributed by atoms with Crippen LogP contribution >= 0.6 is 0 Å². The van der Waals surface area contributed by atoms with Gasteiger partial charge in [-0.05, 0) is 66.1 Å². The second kappa shape index (κ2) is 9.60. The van der Waals surface area contributed by atoms with Crippen LogP contribution in [0.15, 0.2) is 36.4 Å². The van der Waals surface area contributed by atoms with Gasteiger partial charge in [0.15, 0.2) is 0 Å². The normalized spacial score (nSPS) is 22.2. The third kappa shape index (κ3) is 4.76. The summed E-state index contributed by atoms with van der Waals surface area (Å²) in [6, 6.07) is 12.8. The van der Waals surface area contributed by atoms with Crippen molar-refractivity contribution < 1.29 is 9.50 Å². The van der Waals surface area contributed by atoms with Crippen molar-refractivity contribution in [2.24, 2.45) is 0 Å². The van der Waals surface area contributed by atoms with Gasteiger partial charge in [0.05, 0.1) is 0 Å². The largest absolute Gasteiger partial charge is 0.377 e. The lowest BCUT2D eigenvalue weighted by molar-refractivity contribution is -0.0507. The lowest BCUT2D eigenvalue weighted by Crippen LogP contribution is -2.55. The van der Waals surface area contributed by atoms with E-state index in [1.165, 1.54) is 36.8 Å². The van der Waals surface area contributed by atoms with E-state index in [1.807, 2.05) is 19.1 Å². The molecule has 32 heavy (non-hydrogen) atoms. The van der Waals surface area contributed by atoms with Gasteiger partial charge in [0.2, 0.25) is 0 Å². The highest BCUT2D eigenvalue weighted by atomic mass is 19.1. The van der Waals surface area contributed by atoms with Gasteiger partial charge in [-0.15, -0.1) is 0 Å². The van der Waals surface area contributed by atoms with Gasteiger partial charge in [0.1, 0.15) is 12.0 Å². The fraction of sp³-hybridized carbons (Fsp3) is 0.556. The molecule has 1 saturated heterocycles. The first kappa shape index (κ1) is 22.0. The van der Waals surface area contributed by atoms with Gasteiger partial charge < -0.3 is 5.11 Å². The van der Waals surface area contributed by atoms with Crippen LogP contribution in [0.5, 0.6) is 0 Å². The zero-order valence-electron chi connectivity index (χ0n) is 19.3. The molecule has 2 heterocycles. The zero-order chi connectivity index (χ0) is 22.1. The van der Waals surface area contributed by atoms with E-state index in [9.17, 15) is 9.50 Å². The standard InChI is InChI=1S/C27H36FN3O/c1-20-16-21(8-9-26(20)28)22-6-7-24-18-29(11-10-23(24)17-22)19-27(32)31-14-12-30(13-15-31)25-4-2-3-5-25/h6-9,16-17,25,27,32H,2-5,10-15,18-19H2,1H3. The summed E-state index contributed by atoms with van der Waals surface area (Å²) in [5.74, 6) is -0.152. The Kier molecular flexibility index (Phi) is 6.61. The minimum absolute atomic E-state index is 0.152. The molecule has 0 aromatic heterocycles. The number of hydrogen-bond donors (Lipinski definition) is 1. The van der Waals surface area contributed by atoms with Gasteiger partial charge in [0, 0.05) is 51.9 Å². The lowest BCUT2D eigenvalue weighted by atomic mass is 9.94. The van der Waals surface area contributed by atoms with Gasteiger partial charge in [-0.1, -0.05) is 37.1 Å². The molecule has 1 unspecified atom stereocenters. The molecule has 5 rings (SSSR count). The number of halogens is 1. The molecular weight excluding hydrogens is 401 g/mol. The van der Waals surface area contributed by atoms with Gasteiger partial charge in [0.25, 0.3) is 0 Å². The molecule has 0 radical (unpaired) electrons. The van der Waals surface area contributed by atoms with Crippen LogP contribution in [0.4, 0.5) is 4.39 Å². The molecule has 4 nitrogen and oxygen atoms in total. The maximum Gasteiger partial charge on any atom is 0.126 e. The smallest absolute Gasteiger partial charge is 0.126 e. The van der Waals surface area contributed by atoms with Crippen molar-refractivity contribution in [2.75, 3.05) is 39.3 Å². The van der Waals surface area contributed by atoms with E-state index in [0.29, 0.717) is 12.1 Å². The van der Waals surface area contributed by atoms with E-state index in [2.05, 4.69) is 32.9 Å². The van der Waals surface area contributed by atoms with Gasteiger partial charge in [-0.25, -0.2) is 4.39 Å². The second-order valence-electron chi connectivity index (χ2n) is 9.92. The molecule has 2 aromatic rings. The average Bonchev–Trinajstić information content (AvgIpc) is 3.36. The quantitative estimate of drug-likeness (QED) is 0.765. The number of benzene rings is 2. The second-order valence-corrected chi connectivity index (χ2v) is 9.92. The lowest BCUT2D eigenvalue weighted by Gasteiger charge is -2.41. The van der Waals surface area contributed by atoms with Crippen LogP contribution in [-0.4, -0.2) is 71.3 Å².